The van der Waals surface area contributed by atoms with E-state index in [9.17, 15) is 0 Å². The van der Waals surface area contributed by atoms with Gasteiger partial charge in [0, 0.05) is 27.2 Å². The highest BCUT2D eigenvalue weighted by Gasteiger charge is 2.20. The molecule has 2 aromatic heterocycles. The summed E-state index contributed by atoms with van der Waals surface area (Å²) in [4.78, 5) is 4.76. The first kappa shape index (κ1) is 19.0. The molecule has 156 valence electrons. The van der Waals surface area contributed by atoms with Crippen LogP contribution in [0, 0.1) is 5.92 Å². The lowest BCUT2D eigenvalue weighted by Crippen LogP contribution is -2.12. The molecule has 2 heterocycles. The van der Waals surface area contributed by atoms with Crippen LogP contribution in [-0.4, -0.2) is 4.98 Å². The molecule has 0 fully saturated rings. The number of aromatic nitrogens is 1. The SMILES string of the molecule is [2H]c1cc2c(sc3c(CC(C)C)cccc32)c(-c2cc(C(C)(C)C)c3ccccc3c2)n1. The third-order valence-electron chi connectivity index (χ3n) is 6.01. The number of thiophene rings is 1. The number of hydrogen-bond donors (Lipinski definition) is 0. The van der Waals surface area contributed by atoms with E-state index >= 15 is 0 Å². The molecule has 0 aliphatic carbocycles. The van der Waals surface area contributed by atoms with Gasteiger partial charge in [0.15, 0.2) is 0 Å². The van der Waals surface area contributed by atoms with Crippen LogP contribution in [0.15, 0.2) is 66.8 Å². The molecule has 5 rings (SSSR count). The maximum absolute atomic E-state index is 8.48. The monoisotopic (exact) mass is 424 g/mol. The van der Waals surface area contributed by atoms with Crippen LogP contribution in [0.1, 0.15) is 47.1 Å². The molecule has 0 atom stereocenters. The summed E-state index contributed by atoms with van der Waals surface area (Å²) < 4.78 is 11.0. The first-order chi connectivity index (χ1) is 15.2. The molecule has 0 aliphatic heterocycles. The third kappa shape index (κ3) is 3.53. The van der Waals surface area contributed by atoms with Crippen molar-refractivity contribution in [1.29, 1.82) is 0 Å². The third-order valence-corrected chi connectivity index (χ3v) is 7.31. The summed E-state index contributed by atoms with van der Waals surface area (Å²) in [7, 11) is 0. The molecular weight excluding hydrogens is 394 g/mol. The molecule has 5 aromatic rings. The lowest BCUT2D eigenvalue weighted by Gasteiger charge is -2.22. The van der Waals surface area contributed by atoms with E-state index in [4.69, 9.17) is 6.35 Å². The van der Waals surface area contributed by atoms with E-state index in [1.54, 1.807) is 0 Å². The zero-order chi connectivity index (χ0) is 22.6. The van der Waals surface area contributed by atoms with Crippen LogP contribution < -0.4 is 0 Å². The Morgan fingerprint density at radius 3 is 2.42 bits per heavy atom. The molecule has 0 N–H and O–H groups in total. The second kappa shape index (κ2) is 7.46. The van der Waals surface area contributed by atoms with Gasteiger partial charge in [0.2, 0.25) is 0 Å². The van der Waals surface area contributed by atoms with Gasteiger partial charge in [0.05, 0.1) is 11.8 Å². The number of rotatable bonds is 3. The molecule has 0 spiro atoms. The zero-order valence-electron chi connectivity index (χ0n) is 19.9. The van der Waals surface area contributed by atoms with Gasteiger partial charge in [-0.2, -0.15) is 0 Å². The van der Waals surface area contributed by atoms with Crippen molar-refractivity contribution >= 4 is 42.3 Å². The lowest BCUT2D eigenvalue weighted by atomic mass is 9.82. The molecule has 0 amide bonds. The number of fused-ring (bicyclic) bond motifs is 4. The van der Waals surface area contributed by atoms with Gasteiger partial charge in [0.1, 0.15) is 0 Å². The first-order valence-corrected chi connectivity index (χ1v) is 11.9. The van der Waals surface area contributed by atoms with Crippen LogP contribution in [0.5, 0.6) is 0 Å². The van der Waals surface area contributed by atoms with Crippen LogP contribution in [0.2, 0.25) is 0 Å². The largest absolute Gasteiger partial charge is 0.255 e. The van der Waals surface area contributed by atoms with Crippen LogP contribution in [0.25, 0.3) is 42.2 Å². The average Bonchev–Trinajstić information content (AvgIpc) is 3.11. The van der Waals surface area contributed by atoms with Gasteiger partial charge >= 0.3 is 0 Å². The van der Waals surface area contributed by atoms with Crippen molar-refractivity contribution < 1.29 is 1.37 Å². The Labute approximate surface area is 190 Å². The van der Waals surface area contributed by atoms with Crippen molar-refractivity contribution in [2.75, 3.05) is 0 Å². The molecule has 0 bridgehead atoms. The smallest absolute Gasteiger partial charge is 0.0880 e. The second-order valence-corrected chi connectivity index (χ2v) is 11.0. The molecule has 31 heavy (non-hydrogen) atoms. The Hall–Kier alpha value is -2.71. The van der Waals surface area contributed by atoms with Crippen molar-refractivity contribution in [3.8, 4) is 11.3 Å². The van der Waals surface area contributed by atoms with E-state index in [2.05, 4.69) is 89.2 Å². The molecule has 0 unspecified atom stereocenters. The molecule has 2 heteroatoms. The van der Waals surface area contributed by atoms with Crippen LogP contribution in [0.4, 0.5) is 0 Å². The van der Waals surface area contributed by atoms with Crippen molar-refractivity contribution in [2.24, 2.45) is 5.92 Å². The van der Waals surface area contributed by atoms with Gasteiger partial charge in [-0.25, -0.2) is 0 Å². The fourth-order valence-electron chi connectivity index (χ4n) is 4.59. The van der Waals surface area contributed by atoms with Gasteiger partial charge < -0.3 is 0 Å². The number of nitrogens with zero attached hydrogens (tertiary/aromatic N) is 1. The highest BCUT2D eigenvalue weighted by Crippen LogP contribution is 2.42. The molecule has 0 saturated heterocycles. The van der Waals surface area contributed by atoms with Crippen LogP contribution in [0.3, 0.4) is 0 Å². The Balaban J connectivity index is 1.84. The predicted molar refractivity (Wildman–Crippen MR) is 137 cm³/mol. The topological polar surface area (TPSA) is 12.9 Å². The van der Waals surface area contributed by atoms with E-state index in [1.807, 2.05) is 17.4 Å². The fourth-order valence-corrected chi connectivity index (χ4v) is 5.91. The molecule has 0 aliphatic rings. The number of hydrogen-bond acceptors (Lipinski definition) is 2. The van der Waals surface area contributed by atoms with E-state index in [0.717, 1.165) is 23.1 Å². The predicted octanol–water partition coefficient (Wildman–Crippen LogP) is 8.77. The molecule has 0 radical (unpaired) electrons. The van der Waals surface area contributed by atoms with Gasteiger partial charge in [0.25, 0.3) is 0 Å². The molecule has 1 nitrogen and oxygen atoms in total. The first-order valence-electron chi connectivity index (χ1n) is 11.6. The van der Waals surface area contributed by atoms with E-state index in [1.165, 1.54) is 36.7 Å². The van der Waals surface area contributed by atoms with Crippen LogP contribution >= 0.6 is 11.3 Å². The summed E-state index contributed by atoms with van der Waals surface area (Å²) in [5, 5.41) is 4.91. The van der Waals surface area contributed by atoms with Gasteiger partial charge in [-0.15, -0.1) is 11.3 Å². The minimum absolute atomic E-state index is 0.0118. The Morgan fingerprint density at radius 2 is 1.65 bits per heavy atom. The number of benzene rings is 3. The average molecular weight is 425 g/mol. The van der Waals surface area contributed by atoms with Gasteiger partial charge in [-0.1, -0.05) is 77.1 Å². The van der Waals surface area contributed by atoms with Gasteiger partial charge in [-0.05, 0) is 57.9 Å². The fraction of sp³-hybridized carbons (Fsp3) is 0.276. The lowest BCUT2D eigenvalue weighted by molar-refractivity contribution is 0.596. The highest BCUT2D eigenvalue weighted by atomic mass is 32.1. The Morgan fingerprint density at radius 1 is 0.903 bits per heavy atom. The minimum Gasteiger partial charge on any atom is -0.255 e. The highest BCUT2D eigenvalue weighted by molar-refractivity contribution is 7.26. The summed E-state index contributed by atoms with van der Waals surface area (Å²) >= 11 is 1.83. The van der Waals surface area contributed by atoms with E-state index in [0.29, 0.717) is 12.1 Å². The summed E-state index contributed by atoms with van der Waals surface area (Å²) in [6.07, 6.45) is 1.39. The van der Waals surface area contributed by atoms with Crippen molar-refractivity contribution in [2.45, 2.75) is 46.5 Å². The summed E-state index contributed by atoms with van der Waals surface area (Å²) in [6, 6.07) is 21.7. The van der Waals surface area contributed by atoms with E-state index in [-0.39, 0.29) is 5.41 Å². The number of pyridine rings is 1. The quantitative estimate of drug-likeness (QED) is 0.282. The maximum Gasteiger partial charge on any atom is 0.0880 e. The Kier molecular flexibility index (Phi) is 4.57. The van der Waals surface area contributed by atoms with Crippen molar-refractivity contribution in [3.63, 3.8) is 0 Å². The minimum atomic E-state index is 0.0118. The summed E-state index contributed by atoms with van der Waals surface area (Å²) in [6.45, 7) is 11.3. The summed E-state index contributed by atoms with van der Waals surface area (Å²) in [5.41, 5.74) is 4.76. The molecule has 0 saturated carbocycles. The van der Waals surface area contributed by atoms with Crippen molar-refractivity contribution in [1.82, 2.24) is 4.98 Å². The summed E-state index contributed by atoms with van der Waals surface area (Å²) in [5.74, 6) is 0.602. The van der Waals surface area contributed by atoms with E-state index < -0.39 is 0 Å². The maximum atomic E-state index is 8.48. The second-order valence-electron chi connectivity index (χ2n) is 9.97. The normalized spacial score (nSPS) is 12.9. The zero-order valence-corrected chi connectivity index (χ0v) is 19.7. The Bertz CT molecular complexity index is 1470. The van der Waals surface area contributed by atoms with Gasteiger partial charge in [-0.3, -0.25) is 4.98 Å². The van der Waals surface area contributed by atoms with Crippen molar-refractivity contribution in [3.05, 3.63) is 78.0 Å². The molecular formula is C29H29NS. The molecule has 3 aromatic carbocycles. The standard InChI is InChI=1S/C29H29NS/c1-18(2)15-20-10-8-12-23-24-13-14-30-26(28(24)31-27(20)23)21-16-19-9-6-7-11-22(19)25(17-21)29(3,4)5/h6-14,16-18H,15H2,1-5H3/i14D. The van der Waals surface area contributed by atoms with Crippen LogP contribution in [-0.2, 0) is 11.8 Å².